The molecule has 7 heteroatoms. The third-order valence-electron chi connectivity index (χ3n) is 4.29. The number of nitrogens with zero attached hydrogens (tertiary/aromatic N) is 2. The van der Waals surface area contributed by atoms with Crippen molar-refractivity contribution in [2.24, 2.45) is 5.73 Å². The zero-order valence-corrected chi connectivity index (χ0v) is 15.8. The summed E-state index contributed by atoms with van der Waals surface area (Å²) in [6, 6.07) is 18.1. The van der Waals surface area contributed by atoms with E-state index in [0.717, 1.165) is 37.6 Å². The molecule has 1 heterocycles. The number of benzene rings is 2. The number of hydrogen-bond acceptors (Lipinski definition) is 3. The summed E-state index contributed by atoms with van der Waals surface area (Å²) >= 11 is 5.93. The molecule has 0 saturated carbocycles. The van der Waals surface area contributed by atoms with E-state index < -0.39 is 6.09 Å². The largest absolute Gasteiger partial charge is 0.465 e. The number of hydrogen-bond donors (Lipinski definition) is 2. The molecule has 2 aromatic rings. The fourth-order valence-electron chi connectivity index (χ4n) is 2.92. The number of nitrogens with two attached hydrogens (primary N) is 1. The van der Waals surface area contributed by atoms with Crippen molar-refractivity contribution in [3.8, 4) is 0 Å². The first-order chi connectivity index (χ1) is 13.0. The highest BCUT2D eigenvalue weighted by Gasteiger charge is 2.20. The van der Waals surface area contributed by atoms with Gasteiger partial charge in [0.1, 0.15) is 0 Å². The van der Waals surface area contributed by atoms with E-state index in [0.29, 0.717) is 6.42 Å². The average molecular weight is 390 g/mol. The first kappa shape index (κ1) is 20.6. The van der Waals surface area contributed by atoms with Gasteiger partial charge in [0.05, 0.1) is 0 Å². The summed E-state index contributed by atoms with van der Waals surface area (Å²) in [7, 11) is 0. The molecule has 0 aliphatic carbocycles. The lowest BCUT2D eigenvalue weighted by Crippen LogP contribution is -2.48. The lowest BCUT2D eigenvalue weighted by molar-refractivity contribution is -0.131. The van der Waals surface area contributed by atoms with E-state index in [9.17, 15) is 4.79 Å². The summed E-state index contributed by atoms with van der Waals surface area (Å²) in [6.07, 6.45) is 0.0715. The molecule has 2 amide bonds. The van der Waals surface area contributed by atoms with Crippen molar-refractivity contribution < 1.29 is 14.7 Å². The predicted molar refractivity (Wildman–Crippen MR) is 107 cm³/mol. The second-order valence-corrected chi connectivity index (χ2v) is 6.60. The van der Waals surface area contributed by atoms with Crippen LogP contribution in [0.3, 0.4) is 0 Å². The van der Waals surface area contributed by atoms with Gasteiger partial charge in [-0.15, -0.1) is 0 Å². The lowest BCUT2D eigenvalue weighted by Gasteiger charge is -2.36. The second-order valence-electron chi connectivity index (χ2n) is 6.17. The molecule has 6 nitrogen and oxygen atoms in total. The standard InChI is InChI=1S/C19H21ClN2O.CH3NO2/c20-17-7-9-18(10-8-17)21-12-14-22(15-13-21)19(23)11-6-16-4-2-1-3-5-16;2-1(3)4/h1-5,7-10H,6,11-15H2;2H2,(H,3,4). The van der Waals surface area contributed by atoms with E-state index in [4.69, 9.17) is 21.5 Å². The van der Waals surface area contributed by atoms with Crippen LogP contribution in [0, 0.1) is 0 Å². The zero-order chi connectivity index (χ0) is 19.6. The van der Waals surface area contributed by atoms with Gasteiger partial charge in [-0.25, -0.2) is 4.79 Å². The number of carboxylic acid groups (broad SMARTS) is 1. The number of anilines is 1. The molecular formula is C20H24ClN3O3. The Balaban J connectivity index is 0.000000596. The molecule has 2 aromatic carbocycles. The van der Waals surface area contributed by atoms with Gasteiger partial charge in [-0.3, -0.25) is 4.79 Å². The maximum absolute atomic E-state index is 12.3. The number of rotatable bonds is 4. The van der Waals surface area contributed by atoms with Gasteiger partial charge >= 0.3 is 6.09 Å². The molecule has 3 rings (SSSR count). The summed E-state index contributed by atoms with van der Waals surface area (Å²) < 4.78 is 0. The summed E-state index contributed by atoms with van der Waals surface area (Å²) in [5.74, 6) is 0.254. The molecule has 1 fully saturated rings. The van der Waals surface area contributed by atoms with E-state index in [1.54, 1.807) is 0 Å². The monoisotopic (exact) mass is 389 g/mol. The fourth-order valence-corrected chi connectivity index (χ4v) is 3.05. The Labute approximate surface area is 164 Å². The molecule has 27 heavy (non-hydrogen) atoms. The summed E-state index contributed by atoms with van der Waals surface area (Å²) in [5, 5.41) is 7.95. The summed E-state index contributed by atoms with van der Waals surface area (Å²) in [6.45, 7) is 3.32. The molecule has 1 aliphatic rings. The molecule has 0 bridgehead atoms. The van der Waals surface area contributed by atoms with Crippen molar-refractivity contribution in [2.75, 3.05) is 31.1 Å². The molecule has 1 aliphatic heterocycles. The van der Waals surface area contributed by atoms with Gasteiger partial charge in [0.2, 0.25) is 5.91 Å². The Morgan fingerprint density at radius 2 is 1.52 bits per heavy atom. The van der Waals surface area contributed by atoms with Crippen molar-refractivity contribution in [1.29, 1.82) is 0 Å². The van der Waals surface area contributed by atoms with Crippen molar-refractivity contribution in [3.63, 3.8) is 0 Å². The van der Waals surface area contributed by atoms with Crippen LogP contribution in [0.5, 0.6) is 0 Å². The highest BCUT2D eigenvalue weighted by molar-refractivity contribution is 6.30. The normalized spacial score (nSPS) is 13.5. The van der Waals surface area contributed by atoms with Crippen molar-refractivity contribution in [1.82, 2.24) is 4.90 Å². The van der Waals surface area contributed by atoms with Crippen LogP contribution in [-0.4, -0.2) is 48.2 Å². The maximum Gasteiger partial charge on any atom is 0.402 e. The van der Waals surface area contributed by atoms with Crippen molar-refractivity contribution >= 4 is 29.3 Å². The van der Waals surface area contributed by atoms with Gasteiger partial charge < -0.3 is 20.6 Å². The fraction of sp³-hybridized carbons (Fsp3) is 0.300. The van der Waals surface area contributed by atoms with E-state index in [-0.39, 0.29) is 5.91 Å². The van der Waals surface area contributed by atoms with Crippen LogP contribution in [0.2, 0.25) is 5.02 Å². The van der Waals surface area contributed by atoms with Crippen LogP contribution in [0.4, 0.5) is 10.5 Å². The minimum Gasteiger partial charge on any atom is -0.465 e. The summed E-state index contributed by atoms with van der Waals surface area (Å²) in [4.78, 5) is 25.4. The molecule has 3 N–H and O–H groups in total. The highest BCUT2D eigenvalue weighted by atomic mass is 35.5. The zero-order valence-electron chi connectivity index (χ0n) is 15.1. The van der Waals surface area contributed by atoms with Gasteiger partial charge in [0.25, 0.3) is 0 Å². The van der Waals surface area contributed by atoms with Crippen molar-refractivity contribution in [2.45, 2.75) is 12.8 Å². The minimum absolute atomic E-state index is 0.254. The van der Waals surface area contributed by atoms with Crippen LogP contribution < -0.4 is 10.6 Å². The molecule has 1 saturated heterocycles. The van der Waals surface area contributed by atoms with Gasteiger partial charge in [0.15, 0.2) is 0 Å². The second kappa shape index (κ2) is 10.4. The van der Waals surface area contributed by atoms with Gasteiger partial charge in [-0.2, -0.15) is 0 Å². The minimum atomic E-state index is -1.33. The van der Waals surface area contributed by atoms with E-state index in [1.807, 2.05) is 47.4 Å². The smallest absolute Gasteiger partial charge is 0.402 e. The van der Waals surface area contributed by atoms with Crippen LogP contribution in [0.25, 0.3) is 0 Å². The van der Waals surface area contributed by atoms with Crippen molar-refractivity contribution in [3.05, 3.63) is 65.2 Å². The maximum atomic E-state index is 12.3. The van der Waals surface area contributed by atoms with Gasteiger partial charge in [-0.05, 0) is 36.2 Å². The molecule has 0 aromatic heterocycles. The molecular weight excluding hydrogens is 366 g/mol. The predicted octanol–water partition coefficient (Wildman–Crippen LogP) is 3.24. The quantitative estimate of drug-likeness (QED) is 0.840. The van der Waals surface area contributed by atoms with E-state index >= 15 is 0 Å². The molecule has 0 radical (unpaired) electrons. The Hall–Kier alpha value is -2.73. The first-order valence-electron chi connectivity index (χ1n) is 8.76. The molecule has 0 atom stereocenters. The Morgan fingerprint density at radius 3 is 2.07 bits per heavy atom. The first-order valence-corrected chi connectivity index (χ1v) is 9.14. The number of piperazine rings is 1. The molecule has 0 unspecified atom stereocenters. The summed E-state index contributed by atoms with van der Waals surface area (Å²) in [5.41, 5.74) is 6.42. The highest BCUT2D eigenvalue weighted by Crippen LogP contribution is 2.19. The van der Waals surface area contributed by atoms with Crippen LogP contribution in [-0.2, 0) is 11.2 Å². The molecule has 0 spiro atoms. The third kappa shape index (κ3) is 7.19. The average Bonchev–Trinajstić information content (AvgIpc) is 2.67. The number of halogens is 1. The Bertz CT molecular complexity index is 726. The molecule has 144 valence electrons. The van der Waals surface area contributed by atoms with Gasteiger partial charge in [-0.1, -0.05) is 41.9 Å². The SMILES string of the molecule is NC(=O)O.O=C(CCc1ccccc1)N1CCN(c2ccc(Cl)cc2)CC1. The van der Waals surface area contributed by atoms with Gasteiger partial charge in [0, 0.05) is 43.3 Å². The number of primary amides is 1. The topological polar surface area (TPSA) is 86.9 Å². The van der Waals surface area contributed by atoms with Crippen LogP contribution in [0.15, 0.2) is 54.6 Å². The number of carbonyl (C=O) groups is 2. The Morgan fingerprint density at radius 1 is 0.963 bits per heavy atom. The third-order valence-corrected chi connectivity index (χ3v) is 4.55. The number of amides is 2. The lowest BCUT2D eigenvalue weighted by atomic mass is 10.1. The van der Waals surface area contributed by atoms with E-state index in [1.165, 1.54) is 11.3 Å². The van der Waals surface area contributed by atoms with Crippen LogP contribution in [0.1, 0.15) is 12.0 Å². The number of carbonyl (C=O) groups excluding carboxylic acids is 1. The van der Waals surface area contributed by atoms with E-state index in [2.05, 4.69) is 22.8 Å². The number of aryl methyl sites for hydroxylation is 1. The Kier molecular flexibility index (Phi) is 7.95. The van der Waals surface area contributed by atoms with Crippen LogP contribution >= 0.6 is 11.6 Å².